The van der Waals surface area contributed by atoms with Crippen molar-refractivity contribution in [3.8, 4) is 0 Å². The first-order chi connectivity index (χ1) is 14.5. The fraction of sp³-hybridized carbons (Fsp3) is 0.692. The van der Waals surface area contributed by atoms with Crippen LogP contribution in [0.2, 0.25) is 29.6 Å². The second-order valence-electron chi connectivity index (χ2n) is 11.3. The molecule has 0 amide bonds. The van der Waals surface area contributed by atoms with Gasteiger partial charge in [-0.05, 0) is 0 Å². The summed E-state index contributed by atoms with van der Waals surface area (Å²) in [6.07, 6.45) is 16.1. The molecule has 1 aromatic heterocycles. The first kappa shape index (κ1) is 28.6. The molecule has 174 valence electrons. The van der Waals surface area contributed by atoms with Gasteiger partial charge in [0.2, 0.25) is 0 Å². The second-order valence-corrected chi connectivity index (χ2v) is 45.8. The van der Waals surface area contributed by atoms with Gasteiger partial charge >= 0.3 is 214 Å². The van der Waals surface area contributed by atoms with Crippen LogP contribution in [0.1, 0.15) is 82.1 Å². The van der Waals surface area contributed by atoms with Crippen LogP contribution in [0.25, 0.3) is 4.91 Å². The Kier molecular flexibility index (Phi) is 11.9. The zero-order valence-electron chi connectivity index (χ0n) is 21.5. The van der Waals surface area contributed by atoms with Crippen LogP contribution in [0.3, 0.4) is 0 Å². The van der Waals surface area contributed by atoms with Crippen molar-refractivity contribution in [1.82, 2.24) is 0 Å². The van der Waals surface area contributed by atoms with Crippen LogP contribution in [-0.4, -0.2) is 45.7 Å². The number of allylic oxidation sites excluding steroid dienone is 2. The molecule has 0 fully saturated rings. The molecule has 0 spiro atoms. The molecule has 2 radical (unpaired) electrons. The second kappa shape index (κ2) is 12.9. The fourth-order valence-electron chi connectivity index (χ4n) is 4.13. The third-order valence-electron chi connectivity index (χ3n) is 6.11. The molecule has 1 atom stereocenters. The number of thiophene rings is 1. The van der Waals surface area contributed by atoms with Gasteiger partial charge in [0.25, 0.3) is 0 Å². The Balaban J connectivity index is 2.46. The van der Waals surface area contributed by atoms with E-state index in [1.54, 1.807) is 26.7 Å². The van der Waals surface area contributed by atoms with Crippen molar-refractivity contribution in [2.75, 3.05) is 0 Å². The number of hydrogen-bond acceptors (Lipinski definition) is 1. The molecular formula is C26H46S2SiSn2. The van der Waals surface area contributed by atoms with Gasteiger partial charge < -0.3 is 0 Å². The van der Waals surface area contributed by atoms with Crippen LogP contribution >= 0.6 is 21.2 Å². The van der Waals surface area contributed by atoms with Crippen LogP contribution in [0.5, 0.6) is 0 Å². The summed E-state index contributed by atoms with van der Waals surface area (Å²) < 4.78 is 3.57. The zero-order valence-corrected chi connectivity index (χ0v) is 29.9. The molecule has 2 rings (SSSR count). The summed E-state index contributed by atoms with van der Waals surface area (Å²) in [5.41, 5.74) is 3.36. The minimum atomic E-state index is -2.14. The summed E-state index contributed by atoms with van der Waals surface area (Å²) in [4.78, 5) is 18.9. The van der Waals surface area contributed by atoms with Gasteiger partial charge in [0.1, 0.15) is 0 Å². The zero-order chi connectivity index (χ0) is 23.2. The molecular weight excluding hydrogens is 642 g/mol. The van der Waals surface area contributed by atoms with Gasteiger partial charge in [-0.1, -0.05) is 0 Å². The van der Waals surface area contributed by atoms with Gasteiger partial charge in [0.15, 0.2) is 0 Å². The van der Waals surface area contributed by atoms with Crippen LogP contribution < -0.4 is 2.89 Å². The molecule has 0 saturated carbocycles. The average molecular weight is 688 g/mol. The Morgan fingerprint density at radius 2 is 1.39 bits per heavy atom. The van der Waals surface area contributed by atoms with E-state index in [2.05, 4.69) is 75.9 Å². The van der Waals surface area contributed by atoms with Crippen molar-refractivity contribution < 1.29 is 0 Å². The molecule has 1 aliphatic rings. The molecule has 0 N–H and O–H groups in total. The molecule has 1 unspecified atom stereocenters. The Labute approximate surface area is 211 Å². The Morgan fingerprint density at radius 1 is 0.806 bits per heavy atom. The van der Waals surface area contributed by atoms with Gasteiger partial charge in [0.05, 0.1) is 0 Å². The predicted octanol–water partition coefficient (Wildman–Crippen LogP) is 9.22. The van der Waals surface area contributed by atoms with Crippen molar-refractivity contribution in [3.63, 3.8) is 0 Å². The Bertz CT molecular complexity index is 819. The normalized spacial score (nSPS) is 17.5. The molecule has 0 saturated heterocycles. The quantitative estimate of drug-likeness (QED) is 0.143. The standard InChI is InChI=1S/C20H28S2Si.6CH3.2Sn/c1-3-5-7-9-11-17-13-15-21-19(17)20-18(14-16-22(20)23)12-10-8-6-4-2;;;;;;;;/h13-14H,3-12H2,1-2H3;6*1H3;;. The minimum absolute atomic E-state index is 0.135. The van der Waals surface area contributed by atoms with Gasteiger partial charge in [-0.15, -0.1) is 0 Å². The fourth-order valence-corrected chi connectivity index (χ4v) is 27.9. The van der Waals surface area contributed by atoms with E-state index in [-0.39, 0.29) is 9.89 Å². The summed E-state index contributed by atoms with van der Waals surface area (Å²) in [6, 6.07) is 2.66. The summed E-state index contributed by atoms with van der Waals surface area (Å²) in [5, 5.41) is 0. The first-order valence-corrected chi connectivity index (χ1v) is 35.8. The van der Waals surface area contributed by atoms with Gasteiger partial charge in [-0.2, -0.15) is 0 Å². The molecule has 0 bridgehead atoms. The third-order valence-corrected chi connectivity index (χ3v) is 31.8. The summed E-state index contributed by atoms with van der Waals surface area (Å²) in [7, 11) is 4.47. The van der Waals surface area contributed by atoms with E-state index in [0.717, 1.165) is 0 Å². The summed E-state index contributed by atoms with van der Waals surface area (Å²) in [5.74, 6) is 0. The van der Waals surface area contributed by atoms with Crippen LogP contribution in [0.4, 0.5) is 0 Å². The number of hydrogen-bond donors (Lipinski definition) is 0. The van der Waals surface area contributed by atoms with Gasteiger partial charge in [0, 0.05) is 0 Å². The van der Waals surface area contributed by atoms with Crippen molar-refractivity contribution in [2.24, 2.45) is 0 Å². The Morgan fingerprint density at radius 3 is 1.90 bits per heavy atom. The molecule has 1 aromatic rings. The van der Waals surface area contributed by atoms with E-state index in [1.165, 1.54) is 64.2 Å². The van der Waals surface area contributed by atoms with E-state index in [9.17, 15) is 0 Å². The van der Waals surface area contributed by atoms with Crippen LogP contribution in [0.15, 0.2) is 20.6 Å². The van der Waals surface area contributed by atoms with Crippen LogP contribution in [-0.2, 0) is 6.42 Å². The first-order valence-electron chi connectivity index (χ1n) is 12.5. The molecule has 0 aromatic carbocycles. The van der Waals surface area contributed by atoms with Crippen molar-refractivity contribution in [1.29, 1.82) is 0 Å². The van der Waals surface area contributed by atoms with Crippen molar-refractivity contribution in [3.05, 3.63) is 31.1 Å². The average Bonchev–Trinajstić information content (AvgIpc) is 3.23. The maximum atomic E-state index is 4.33. The van der Waals surface area contributed by atoms with Crippen LogP contribution in [0, 0.1) is 0 Å². The topological polar surface area (TPSA) is 0 Å². The van der Waals surface area contributed by atoms with E-state index < -0.39 is 36.8 Å². The Hall–Kier alpha value is 1.34. The molecule has 31 heavy (non-hydrogen) atoms. The monoisotopic (exact) mass is 690 g/mol. The van der Waals surface area contributed by atoms with E-state index in [0.29, 0.717) is 0 Å². The van der Waals surface area contributed by atoms with Crippen molar-refractivity contribution in [2.45, 2.75) is 108 Å². The number of unbranched alkanes of at least 4 members (excludes halogenated alkanes) is 6. The predicted molar refractivity (Wildman–Crippen MR) is 156 cm³/mol. The van der Waals surface area contributed by atoms with Crippen molar-refractivity contribution >= 4 is 74.7 Å². The summed E-state index contributed by atoms with van der Waals surface area (Å²) in [6.45, 7) is 4.64. The number of rotatable bonds is 13. The maximum absolute atomic E-state index is 4.33. The van der Waals surface area contributed by atoms with Gasteiger partial charge in [-0.3, -0.25) is 0 Å². The third kappa shape index (κ3) is 8.21. The summed E-state index contributed by atoms with van der Waals surface area (Å²) >= 11 is -2.03. The van der Waals surface area contributed by atoms with E-state index in [1.807, 2.05) is 0 Å². The molecule has 5 heteroatoms. The van der Waals surface area contributed by atoms with E-state index >= 15 is 0 Å². The molecule has 0 aliphatic carbocycles. The molecule has 0 nitrogen and oxygen atoms in total. The molecule has 2 heterocycles. The SMILES string of the molecule is CCCCCCC1=C(c2s[c]([Sn]([CH3])([CH3])[CH3])cc2CCCCCC)S(=[Si])[C]([Sn]([CH3])([CH3])[CH3])=C1. The van der Waals surface area contributed by atoms with Gasteiger partial charge in [-0.25, -0.2) is 0 Å². The number of aryl methyl sites for hydroxylation is 1. The molecule has 1 aliphatic heterocycles. The van der Waals surface area contributed by atoms with E-state index in [4.69, 9.17) is 0 Å².